The number of methoxy groups -OCH3 is 1. The summed E-state index contributed by atoms with van der Waals surface area (Å²) in [6.45, 7) is 8.28. The minimum atomic E-state index is -0.789. The zero-order chi connectivity index (χ0) is 38.1. The quantitative estimate of drug-likeness (QED) is 0.0889. The number of fused-ring (bicyclic) bond motifs is 3. The minimum Gasteiger partial charge on any atom is -0.493 e. The van der Waals surface area contributed by atoms with Crippen LogP contribution in [-0.4, -0.2) is 73.0 Å². The maximum absolute atomic E-state index is 14.5. The van der Waals surface area contributed by atoms with E-state index in [4.69, 9.17) is 18.9 Å². The minimum absolute atomic E-state index is 0.0220. The van der Waals surface area contributed by atoms with E-state index in [-0.39, 0.29) is 42.3 Å². The lowest BCUT2D eigenvalue weighted by atomic mass is 9.93. The highest BCUT2D eigenvalue weighted by Gasteiger charge is 2.27. The molecule has 0 unspecified atom stereocenters. The second-order valence-corrected chi connectivity index (χ2v) is 14.1. The van der Waals surface area contributed by atoms with Crippen molar-refractivity contribution < 1.29 is 43.2 Å². The first-order valence-corrected chi connectivity index (χ1v) is 18.2. The van der Waals surface area contributed by atoms with Crippen LogP contribution in [-0.2, 0) is 22.4 Å². The third-order valence-electron chi connectivity index (χ3n) is 8.01. The zero-order valence-corrected chi connectivity index (χ0v) is 31.2. The van der Waals surface area contributed by atoms with Crippen LogP contribution in [0.5, 0.6) is 11.5 Å². The van der Waals surface area contributed by atoms with Crippen LogP contribution < -0.4 is 25.4 Å². The molecule has 0 aliphatic carbocycles. The van der Waals surface area contributed by atoms with E-state index >= 15 is 0 Å². The number of rotatable bonds is 13. The van der Waals surface area contributed by atoms with Crippen molar-refractivity contribution in [3.8, 4) is 33.1 Å². The summed E-state index contributed by atoms with van der Waals surface area (Å²) >= 11 is 1.53. The van der Waals surface area contributed by atoms with Crippen LogP contribution in [0, 0.1) is 0 Å². The van der Waals surface area contributed by atoms with E-state index in [9.17, 15) is 24.3 Å². The van der Waals surface area contributed by atoms with E-state index < -0.39 is 29.5 Å². The van der Waals surface area contributed by atoms with Crippen molar-refractivity contribution in [2.75, 3.05) is 38.8 Å². The van der Waals surface area contributed by atoms with Gasteiger partial charge in [-0.05, 0) is 86.2 Å². The SMILES string of the molecule is CCCNC(=O)c1ccc(-c2cc3c(cc2C(=O)Nc2ccc(CNC(=O)OC(C)(C)C)cc2OCCCO)-c2sccc2CCO3)c(C(=O)OC)n1. The van der Waals surface area contributed by atoms with Crippen molar-refractivity contribution in [2.45, 2.75) is 59.1 Å². The van der Waals surface area contributed by atoms with Gasteiger partial charge in [0.1, 0.15) is 22.8 Å². The molecule has 0 saturated carbocycles. The number of aliphatic hydroxyl groups excluding tert-OH is 1. The van der Waals surface area contributed by atoms with Gasteiger partial charge in [-0.3, -0.25) is 9.59 Å². The average molecular weight is 745 g/mol. The first-order valence-electron chi connectivity index (χ1n) is 17.3. The summed E-state index contributed by atoms with van der Waals surface area (Å²) < 4.78 is 22.6. The van der Waals surface area contributed by atoms with Gasteiger partial charge < -0.3 is 40.0 Å². The molecule has 4 aromatic rings. The average Bonchev–Trinajstić information content (AvgIpc) is 3.53. The monoisotopic (exact) mass is 744 g/mol. The van der Waals surface area contributed by atoms with Gasteiger partial charge in [0.05, 0.1) is 26.0 Å². The summed E-state index contributed by atoms with van der Waals surface area (Å²) in [5.41, 5.74) is 2.81. The second-order valence-electron chi connectivity index (χ2n) is 13.2. The molecule has 0 fully saturated rings. The van der Waals surface area contributed by atoms with Crippen LogP contribution in [0.3, 0.4) is 0 Å². The Hall–Kier alpha value is -5.47. The lowest BCUT2D eigenvalue weighted by Crippen LogP contribution is -2.32. The Morgan fingerprint density at radius 3 is 2.53 bits per heavy atom. The molecule has 0 atom stereocenters. The molecular formula is C39H44N4O9S. The Labute approximate surface area is 312 Å². The number of hydrogen-bond donors (Lipinski definition) is 4. The smallest absolute Gasteiger partial charge is 0.407 e. The van der Waals surface area contributed by atoms with Crippen LogP contribution >= 0.6 is 11.3 Å². The molecule has 3 amide bonds. The molecule has 2 aromatic carbocycles. The van der Waals surface area contributed by atoms with Crippen molar-refractivity contribution in [1.29, 1.82) is 0 Å². The number of carbonyl (C=O) groups excluding carboxylic acids is 4. The molecule has 0 spiro atoms. The fourth-order valence-electron chi connectivity index (χ4n) is 5.54. The number of ether oxygens (including phenoxy) is 4. The lowest BCUT2D eigenvalue weighted by Gasteiger charge is -2.20. The Bertz CT molecular complexity index is 1990. The summed E-state index contributed by atoms with van der Waals surface area (Å²) in [5, 5.41) is 19.8. The van der Waals surface area contributed by atoms with Crippen LogP contribution in [0.25, 0.3) is 21.6 Å². The third kappa shape index (κ3) is 9.70. The number of hydrogen-bond acceptors (Lipinski definition) is 11. The van der Waals surface area contributed by atoms with Crippen LogP contribution in [0.2, 0.25) is 0 Å². The topological polar surface area (TPSA) is 174 Å². The number of anilines is 1. The number of aliphatic hydroxyl groups is 1. The van der Waals surface area contributed by atoms with Crippen molar-refractivity contribution >= 4 is 40.9 Å². The van der Waals surface area contributed by atoms with Crippen molar-refractivity contribution in [3.63, 3.8) is 0 Å². The van der Waals surface area contributed by atoms with Gasteiger partial charge in [0.2, 0.25) is 0 Å². The Kier molecular flexibility index (Phi) is 12.7. The number of nitrogens with zero attached hydrogens (tertiary/aromatic N) is 1. The summed E-state index contributed by atoms with van der Waals surface area (Å²) in [6.07, 6.45) is 1.15. The molecule has 0 radical (unpaired) electrons. The fraction of sp³-hybridized carbons (Fsp3) is 0.359. The number of pyridine rings is 1. The molecule has 2 aromatic heterocycles. The molecule has 5 rings (SSSR count). The molecule has 53 heavy (non-hydrogen) atoms. The molecule has 0 bridgehead atoms. The maximum Gasteiger partial charge on any atom is 0.407 e. The van der Waals surface area contributed by atoms with Gasteiger partial charge >= 0.3 is 12.1 Å². The third-order valence-corrected chi connectivity index (χ3v) is 9.00. The summed E-state index contributed by atoms with van der Waals surface area (Å²) in [6, 6.07) is 13.6. The van der Waals surface area contributed by atoms with Gasteiger partial charge in [0, 0.05) is 59.7 Å². The number of amides is 3. The van der Waals surface area contributed by atoms with Crippen LogP contribution in [0.15, 0.2) is 53.9 Å². The first-order chi connectivity index (χ1) is 25.4. The molecule has 1 aliphatic rings. The first kappa shape index (κ1) is 38.8. The molecule has 1 aliphatic heterocycles. The highest BCUT2D eigenvalue weighted by Crippen LogP contribution is 2.43. The zero-order valence-electron chi connectivity index (χ0n) is 30.4. The van der Waals surface area contributed by atoms with E-state index in [0.717, 1.165) is 10.4 Å². The van der Waals surface area contributed by atoms with Gasteiger partial charge in [-0.15, -0.1) is 11.3 Å². The van der Waals surface area contributed by atoms with Gasteiger partial charge in [0.25, 0.3) is 11.8 Å². The number of benzene rings is 2. The van der Waals surface area contributed by atoms with Gasteiger partial charge in [-0.1, -0.05) is 13.0 Å². The van der Waals surface area contributed by atoms with E-state index in [2.05, 4.69) is 20.9 Å². The van der Waals surface area contributed by atoms with E-state index in [0.29, 0.717) is 66.3 Å². The normalized spacial score (nSPS) is 12.0. The van der Waals surface area contributed by atoms with Crippen molar-refractivity contribution in [2.24, 2.45) is 0 Å². The molecule has 280 valence electrons. The predicted octanol–water partition coefficient (Wildman–Crippen LogP) is 6.38. The van der Waals surface area contributed by atoms with Crippen LogP contribution in [0.1, 0.15) is 83.0 Å². The molecule has 0 saturated heterocycles. The van der Waals surface area contributed by atoms with Crippen molar-refractivity contribution in [1.82, 2.24) is 15.6 Å². The number of alkyl carbamates (subject to hydrolysis) is 1. The van der Waals surface area contributed by atoms with Crippen molar-refractivity contribution in [3.05, 3.63) is 82.0 Å². The Balaban J connectivity index is 1.58. The maximum atomic E-state index is 14.5. The highest BCUT2D eigenvalue weighted by atomic mass is 32.1. The Morgan fingerprint density at radius 1 is 0.981 bits per heavy atom. The molecule has 13 nitrogen and oxygen atoms in total. The number of nitrogens with one attached hydrogen (secondary N) is 3. The molecule has 14 heteroatoms. The molecular weight excluding hydrogens is 701 g/mol. The van der Waals surface area contributed by atoms with Crippen LogP contribution in [0.4, 0.5) is 10.5 Å². The molecule has 4 N–H and O–H groups in total. The molecule has 3 heterocycles. The number of carbonyl (C=O) groups is 4. The van der Waals surface area contributed by atoms with E-state index in [1.165, 1.54) is 24.5 Å². The lowest BCUT2D eigenvalue weighted by molar-refractivity contribution is 0.0521. The van der Waals surface area contributed by atoms with E-state index in [1.807, 2.05) is 18.4 Å². The summed E-state index contributed by atoms with van der Waals surface area (Å²) in [4.78, 5) is 58.1. The second kappa shape index (κ2) is 17.4. The standard InChI is InChI=1S/C39H44N4O9S/c1-6-14-40-36(46)30-11-9-25(33(42-30)37(47)49-5)26-21-31-28(34-24(12-17-51-31)13-18-53-34)20-27(26)35(45)43-29-10-8-23(19-32(29)50-16-7-15-44)22-41-38(48)52-39(2,3)4/h8-11,13,18-21,44H,6-7,12,14-17,22H2,1-5H3,(H,40,46)(H,41,48)(H,43,45). The fourth-order valence-corrected chi connectivity index (χ4v) is 6.51. The van der Waals surface area contributed by atoms with Gasteiger partial charge in [0.15, 0.2) is 5.69 Å². The van der Waals surface area contributed by atoms with Gasteiger partial charge in [-0.25, -0.2) is 14.6 Å². The largest absolute Gasteiger partial charge is 0.493 e. The van der Waals surface area contributed by atoms with Gasteiger partial charge in [-0.2, -0.15) is 0 Å². The predicted molar refractivity (Wildman–Crippen MR) is 201 cm³/mol. The Morgan fingerprint density at radius 2 is 1.79 bits per heavy atom. The number of aromatic nitrogens is 1. The summed E-state index contributed by atoms with van der Waals surface area (Å²) in [5.74, 6) is -0.932. The number of esters is 1. The van der Waals surface area contributed by atoms with E-state index in [1.54, 1.807) is 57.2 Å². The summed E-state index contributed by atoms with van der Waals surface area (Å²) in [7, 11) is 1.22. The number of thiophene rings is 1. The highest BCUT2D eigenvalue weighted by molar-refractivity contribution is 7.13.